The van der Waals surface area contributed by atoms with Crippen LogP contribution in [0.2, 0.25) is 0 Å². The first-order chi connectivity index (χ1) is 11.1. The summed E-state index contributed by atoms with van der Waals surface area (Å²) < 4.78 is 47.4. The molecule has 0 spiro atoms. The number of carboxylic acids is 1. The number of aromatic nitrogens is 1. The van der Waals surface area contributed by atoms with Crippen LogP contribution in [0.1, 0.15) is 16.8 Å². The normalized spacial score (nSPS) is 12.2. The molecule has 2 rings (SSSR count). The van der Waals surface area contributed by atoms with E-state index >= 15 is 0 Å². The number of hydrogen-bond donors (Lipinski definition) is 1. The highest BCUT2D eigenvalue weighted by atomic mass is 19.4. The van der Waals surface area contributed by atoms with Gasteiger partial charge in [-0.15, -0.1) is 0 Å². The minimum Gasteiger partial charge on any atom is -0.496 e. The monoisotopic (exact) mass is 344 g/mol. The summed E-state index contributed by atoms with van der Waals surface area (Å²) in [5, 5.41) is 9.07. The molecule has 132 valence electrons. The van der Waals surface area contributed by atoms with Crippen LogP contribution in [0, 0.1) is 0 Å². The molecule has 0 fully saturated rings. The van der Waals surface area contributed by atoms with Crippen LogP contribution in [0.25, 0.3) is 10.9 Å². The second kappa shape index (κ2) is 6.35. The number of ether oxygens (including phenoxy) is 1. The molecule has 1 aromatic heterocycles. The van der Waals surface area contributed by atoms with Gasteiger partial charge in [0, 0.05) is 30.2 Å². The van der Waals surface area contributed by atoms with Crippen molar-refractivity contribution in [1.82, 2.24) is 9.47 Å². The van der Waals surface area contributed by atoms with Crippen molar-refractivity contribution in [3.8, 4) is 5.75 Å². The first-order valence-electron chi connectivity index (χ1n) is 7.18. The van der Waals surface area contributed by atoms with E-state index in [0.717, 1.165) is 7.11 Å². The van der Waals surface area contributed by atoms with Gasteiger partial charge in [0.25, 0.3) is 0 Å². The van der Waals surface area contributed by atoms with Crippen LogP contribution in [0.4, 0.5) is 13.2 Å². The number of fused-ring (bicyclic) bond motifs is 1. The molecule has 8 heteroatoms. The fraction of sp³-hybridized carbons (Fsp3) is 0.438. The maximum atomic E-state index is 13.6. The van der Waals surface area contributed by atoms with Gasteiger partial charge < -0.3 is 19.3 Å². The molecular formula is C16H19F3N2O3. The summed E-state index contributed by atoms with van der Waals surface area (Å²) in [6, 6.07) is 2.78. The van der Waals surface area contributed by atoms with Crippen LogP contribution in [0.3, 0.4) is 0 Å². The average molecular weight is 344 g/mol. The number of carbonyl (C=O) groups is 1. The molecule has 1 aromatic carbocycles. The van der Waals surface area contributed by atoms with E-state index in [4.69, 9.17) is 4.74 Å². The Labute approximate surface area is 137 Å². The Kier molecular flexibility index (Phi) is 4.80. The molecule has 24 heavy (non-hydrogen) atoms. The molecule has 5 nitrogen and oxygen atoms in total. The van der Waals surface area contributed by atoms with E-state index in [9.17, 15) is 23.1 Å². The van der Waals surface area contributed by atoms with Crippen molar-refractivity contribution < 1.29 is 27.8 Å². The van der Waals surface area contributed by atoms with E-state index in [1.165, 1.54) is 12.1 Å². The van der Waals surface area contributed by atoms with Gasteiger partial charge in [0.1, 0.15) is 11.3 Å². The van der Waals surface area contributed by atoms with Crippen LogP contribution in [0.15, 0.2) is 12.1 Å². The topological polar surface area (TPSA) is 54.7 Å². The number of nitrogens with zero attached hydrogens (tertiary/aromatic N) is 2. The second-order valence-electron chi connectivity index (χ2n) is 5.83. The van der Waals surface area contributed by atoms with Crippen LogP contribution < -0.4 is 4.74 Å². The number of aliphatic carboxylic acids is 1. The van der Waals surface area contributed by atoms with Crippen molar-refractivity contribution in [2.45, 2.75) is 19.1 Å². The smallest absolute Gasteiger partial charge is 0.420 e. The fourth-order valence-electron chi connectivity index (χ4n) is 2.94. The highest BCUT2D eigenvalue weighted by molar-refractivity contribution is 5.93. The van der Waals surface area contributed by atoms with Crippen LogP contribution in [-0.2, 0) is 31.0 Å². The molecule has 0 atom stereocenters. The summed E-state index contributed by atoms with van der Waals surface area (Å²) in [4.78, 5) is 13.0. The van der Waals surface area contributed by atoms with E-state index in [2.05, 4.69) is 0 Å². The molecule has 0 saturated heterocycles. The Morgan fingerprint density at radius 1 is 1.33 bits per heavy atom. The Balaban J connectivity index is 2.95. The van der Waals surface area contributed by atoms with Gasteiger partial charge >= 0.3 is 12.1 Å². The fourth-order valence-corrected chi connectivity index (χ4v) is 2.94. The van der Waals surface area contributed by atoms with Gasteiger partial charge in [-0.3, -0.25) is 4.79 Å². The number of methoxy groups -OCH3 is 1. The van der Waals surface area contributed by atoms with E-state index in [1.807, 2.05) is 0 Å². The zero-order chi connectivity index (χ0) is 18.2. The van der Waals surface area contributed by atoms with Crippen molar-refractivity contribution in [1.29, 1.82) is 0 Å². The molecule has 0 unspecified atom stereocenters. The minimum absolute atomic E-state index is 0.108. The van der Waals surface area contributed by atoms with E-state index in [1.54, 1.807) is 30.6 Å². The Bertz CT molecular complexity index is 779. The summed E-state index contributed by atoms with van der Waals surface area (Å²) in [5.41, 5.74) is 0.103. The van der Waals surface area contributed by atoms with Gasteiger partial charge in [0.15, 0.2) is 0 Å². The Morgan fingerprint density at radius 2 is 1.96 bits per heavy atom. The standard InChI is InChI=1S/C16H19F3N2O3/c1-20(2)8-11-9(7-13(22)23)14-10(21(11)3)5-6-12(24-4)15(14)16(17,18)19/h5-6H,7-8H2,1-4H3,(H,22,23). The quantitative estimate of drug-likeness (QED) is 0.906. The SMILES string of the molecule is COc1ccc2c(c(CC(=O)O)c(CN(C)C)n2C)c1C(F)(F)F. The lowest BCUT2D eigenvalue weighted by atomic mass is 10.0. The predicted molar refractivity (Wildman–Crippen MR) is 83.2 cm³/mol. The van der Waals surface area contributed by atoms with Crippen LogP contribution >= 0.6 is 0 Å². The van der Waals surface area contributed by atoms with E-state index in [0.29, 0.717) is 17.8 Å². The average Bonchev–Trinajstić information content (AvgIpc) is 2.70. The summed E-state index contributed by atoms with van der Waals surface area (Å²) in [7, 11) is 6.34. The third-order valence-electron chi connectivity index (χ3n) is 3.86. The van der Waals surface area contributed by atoms with Gasteiger partial charge in [-0.2, -0.15) is 13.2 Å². The zero-order valence-corrected chi connectivity index (χ0v) is 13.9. The summed E-state index contributed by atoms with van der Waals surface area (Å²) in [6.07, 6.45) is -5.15. The van der Waals surface area contributed by atoms with Gasteiger partial charge in [0.05, 0.1) is 13.5 Å². The molecule has 0 radical (unpaired) electrons. The molecule has 0 amide bonds. The molecule has 0 bridgehead atoms. The maximum absolute atomic E-state index is 13.6. The van der Waals surface area contributed by atoms with Crippen molar-refractivity contribution in [2.24, 2.45) is 7.05 Å². The molecule has 0 saturated carbocycles. The largest absolute Gasteiger partial charge is 0.496 e. The molecule has 0 aliphatic heterocycles. The van der Waals surface area contributed by atoms with Crippen molar-refractivity contribution >= 4 is 16.9 Å². The molecule has 0 aliphatic rings. The summed E-state index contributed by atoms with van der Waals surface area (Å²) in [6.45, 7) is 0.327. The van der Waals surface area contributed by atoms with Crippen LogP contribution in [-0.4, -0.2) is 41.7 Å². The molecule has 2 aromatic rings. The first-order valence-corrected chi connectivity index (χ1v) is 7.18. The van der Waals surface area contributed by atoms with Gasteiger partial charge in [-0.25, -0.2) is 0 Å². The summed E-state index contributed by atoms with van der Waals surface area (Å²) >= 11 is 0. The third-order valence-corrected chi connectivity index (χ3v) is 3.86. The molecular weight excluding hydrogens is 325 g/mol. The van der Waals surface area contributed by atoms with Crippen LogP contribution in [0.5, 0.6) is 5.75 Å². The number of rotatable bonds is 5. The lowest BCUT2D eigenvalue weighted by Crippen LogP contribution is -2.16. The molecule has 1 heterocycles. The van der Waals surface area contributed by atoms with E-state index < -0.39 is 24.1 Å². The van der Waals surface area contributed by atoms with Gasteiger partial charge in [0.2, 0.25) is 0 Å². The minimum atomic E-state index is -4.66. The maximum Gasteiger partial charge on any atom is 0.420 e. The van der Waals surface area contributed by atoms with Gasteiger partial charge in [-0.1, -0.05) is 0 Å². The predicted octanol–water partition coefficient (Wildman–Crippen LogP) is 2.89. The highest BCUT2D eigenvalue weighted by Crippen LogP contribution is 2.44. The number of carboxylic acid groups (broad SMARTS) is 1. The molecule has 1 N–H and O–H groups in total. The van der Waals surface area contributed by atoms with Crippen molar-refractivity contribution in [3.63, 3.8) is 0 Å². The van der Waals surface area contributed by atoms with Crippen molar-refractivity contribution in [3.05, 3.63) is 29.0 Å². The lowest BCUT2D eigenvalue weighted by molar-refractivity contribution is -0.138. The highest BCUT2D eigenvalue weighted by Gasteiger charge is 2.39. The number of halogens is 3. The van der Waals surface area contributed by atoms with Gasteiger partial charge in [-0.05, 0) is 31.8 Å². The number of aryl methyl sites for hydroxylation is 1. The molecule has 0 aliphatic carbocycles. The third kappa shape index (κ3) is 3.19. The van der Waals surface area contributed by atoms with E-state index in [-0.39, 0.29) is 16.7 Å². The Hall–Kier alpha value is -2.22. The number of hydrogen-bond acceptors (Lipinski definition) is 3. The van der Waals surface area contributed by atoms with Crippen molar-refractivity contribution in [2.75, 3.05) is 21.2 Å². The number of alkyl halides is 3. The Morgan fingerprint density at radius 3 is 2.42 bits per heavy atom. The second-order valence-corrected chi connectivity index (χ2v) is 5.83. The first kappa shape index (κ1) is 18.1. The zero-order valence-electron chi connectivity index (χ0n) is 13.9. The number of benzene rings is 1. The lowest BCUT2D eigenvalue weighted by Gasteiger charge is -2.14. The summed E-state index contributed by atoms with van der Waals surface area (Å²) in [5.74, 6) is -1.50.